The molecule has 5 nitrogen and oxygen atoms in total. The Hall–Kier alpha value is -1.39. The van der Waals surface area contributed by atoms with Crippen molar-refractivity contribution in [3.63, 3.8) is 0 Å². The maximum absolute atomic E-state index is 11.0. The van der Waals surface area contributed by atoms with Crippen molar-refractivity contribution in [3.05, 3.63) is 0 Å². The highest BCUT2D eigenvalue weighted by molar-refractivity contribution is 5.88. The van der Waals surface area contributed by atoms with Gasteiger partial charge in [0.05, 0.1) is 6.54 Å². The average Bonchev–Trinajstić information content (AvgIpc) is 2.12. The van der Waals surface area contributed by atoms with Crippen LogP contribution in [-0.2, 0) is 14.4 Å². The van der Waals surface area contributed by atoms with Gasteiger partial charge in [-0.1, -0.05) is 6.92 Å². The fourth-order valence-corrected chi connectivity index (χ4v) is 0.864. The van der Waals surface area contributed by atoms with Crippen molar-refractivity contribution in [1.82, 2.24) is 5.32 Å². The fraction of sp³-hybridized carbons (Fsp3) is 0.667. The number of carbonyl (C=O) groups excluding carboxylic acids is 3. The average molecular weight is 200 g/mol. The Bertz CT molecular complexity index is 226. The van der Waals surface area contributed by atoms with Crippen molar-refractivity contribution in [1.29, 1.82) is 0 Å². The molecule has 0 unspecified atom stereocenters. The van der Waals surface area contributed by atoms with E-state index in [1.807, 2.05) is 6.92 Å². The number of ketones is 1. The maximum Gasteiger partial charge on any atom is 0.220 e. The number of rotatable bonds is 7. The molecule has 3 N–H and O–H groups in total. The third-order valence-electron chi connectivity index (χ3n) is 1.61. The van der Waals surface area contributed by atoms with E-state index >= 15 is 0 Å². The molecule has 0 aliphatic rings. The largest absolute Gasteiger partial charge is 0.370 e. The Balaban J connectivity index is 3.53. The zero-order valence-electron chi connectivity index (χ0n) is 8.34. The molecule has 0 spiro atoms. The number of nitrogens with two attached hydrogens (primary N) is 1. The third-order valence-corrected chi connectivity index (χ3v) is 1.61. The molecule has 0 saturated carbocycles. The lowest BCUT2D eigenvalue weighted by Gasteiger charge is -2.02. The van der Waals surface area contributed by atoms with Crippen LogP contribution in [0.25, 0.3) is 0 Å². The maximum atomic E-state index is 11.0. The molecular weight excluding hydrogens is 184 g/mol. The number of amides is 2. The van der Waals surface area contributed by atoms with Crippen molar-refractivity contribution in [3.8, 4) is 0 Å². The highest BCUT2D eigenvalue weighted by atomic mass is 16.2. The van der Waals surface area contributed by atoms with Gasteiger partial charge >= 0.3 is 0 Å². The van der Waals surface area contributed by atoms with Gasteiger partial charge in [0, 0.05) is 19.3 Å². The quantitative estimate of drug-likeness (QED) is 0.593. The summed E-state index contributed by atoms with van der Waals surface area (Å²) in [6, 6.07) is 0. The van der Waals surface area contributed by atoms with Crippen LogP contribution in [0.15, 0.2) is 0 Å². The van der Waals surface area contributed by atoms with E-state index in [1.54, 1.807) is 0 Å². The molecule has 0 aromatic rings. The monoisotopic (exact) mass is 200 g/mol. The molecule has 0 aromatic heterocycles. The highest BCUT2D eigenvalue weighted by Gasteiger charge is 2.06. The van der Waals surface area contributed by atoms with E-state index in [0.717, 1.165) is 6.42 Å². The van der Waals surface area contributed by atoms with Gasteiger partial charge in [0.25, 0.3) is 0 Å². The Morgan fingerprint density at radius 3 is 2.29 bits per heavy atom. The first-order valence-electron chi connectivity index (χ1n) is 4.63. The molecule has 0 aliphatic heterocycles. The van der Waals surface area contributed by atoms with E-state index in [0.29, 0.717) is 6.42 Å². The third kappa shape index (κ3) is 7.27. The Morgan fingerprint density at radius 1 is 1.14 bits per heavy atom. The van der Waals surface area contributed by atoms with Gasteiger partial charge in [-0.15, -0.1) is 0 Å². The number of primary amides is 1. The summed E-state index contributed by atoms with van der Waals surface area (Å²) in [4.78, 5) is 32.3. The van der Waals surface area contributed by atoms with Crippen LogP contribution in [0.4, 0.5) is 0 Å². The summed E-state index contributed by atoms with van der Waals surface area (Å²) in [6.07, 6.45) is 1.31. The molecule has 0 aliphatic carbocycles. The first-order chi connectivity index (χ1) is 6.56. The molecule has 0 heterocycles. The Labute approximate surface area is 83.0 Å². The van der Waals surface area contributed by atoms with Crippen molar-refractivity contribution in [2.24, 2.45) is 5.73 Å². The molecule has 5 heteroatoms. The molecule has 0 radical (unpaired) electrons. The molecule has 0 atom stereocenters. The van der Waals surface area contributed by atoms with Crippen LogP contribution < -0.4 is 11.1 Å². The molecule has 80 valence electrons. The standard InChI is InChI=1S/C9H16N2O3/c1-2-3-9(14)11-6-7(12)4-5-8(10)13/h2-6H2,1H3,(H2,10,13)(H,11,14). The van der Waals surface area contributed by atoms with E-state index < -0.39 is 5.91 Å². The smallest absolute Gasteiger partial charge is 0.220 e. The summed E-state index contributed by atoms with van der Waals surface area (Å²) < 4.78 is 0. The summed E-state index contributed by atoms with van der Waals surface area (Å²) in [5.41, 5.74) is 4.87. The van der Waals surface area contributed by atoms with Gasteiger partial charge in [-0.3, -0.25) is 14.4 Å². The van der Waals surface area contributed by atoms with Crippen LogP contribution in [0.3, 0.4) is 0 Å². The topological polar surface area (TPSA) is 89.3 Å². The van der Waals surface area contributed by atoms with Gasteiger partial charge in [0.1, 0.15) is 0 Å². The molecule has 0 saturated heterocycles. The van der Waals surface area contributed by atoms with Crippen LogP contribution in [-0.4, -0.2) is 24.1 Å². The minimum absolute atomic E-state index is 0.00782. The van der Waals surface area contributed by atoms with Crippen molar-refractivity contribution in [2.75, 3.05) is 6.54 Å². The van der Waals surface area contributed by atoms with E-state index in [2.05, 4.69) is 5.32 Å². The van der Waals surface area contributed by atoms with E-state index in [-0.39, 0.29) is 31.1 Å². The van der Waals surface area contributed by atoms with Gasteiger partial charge in [0.2, 0.25) is 11.8 Å². The molecule has 0 rings (SSSR count). The first-order valence-corrected chi connectivity index (χ1v) is 4.63. The lowest BCUT2D eigenvalue weighted by atomic mass is 10.2. The van der Waals surface area contributed by atoms with Crippen molar-refractivity contribution in [2.45, 2.75) is 32.6 Å². The first kappa shape index (κ1) is 12.6. The molecular formula is C9H16N2O3. The van der Waals surface area contributed by atoms with Gasteiger partial charge in [-0.25, -0.2) is 0 Å². The second-order valence-corrected chi connectivity index (χ2v) is 3.03. The number of carbonyl (C=O) groups is 3. The van der Waals surface area contributed by atoms with Crippen LogP contribution in [0.2, 0.25) is 0 Å². The van der Waals surface area contributed by atoms with Crippen LogP contribution >= 0.6 is 0 Å². The Kier molecular flexibility index (Phi) is 6.36. The number of nitrogens with one attached hydrogen (secondary N) is 1. The SMILES string of the molecule is CCCC(=O)NCC(=O)CCC(N)=O. The highest BCUT2D eigenvalue weighted by Crippen LogP contribution is 1.90. The molecule has 0 bridgehead atoms. The zero-order valence-corrected chi connectivity index (χ0v) is 8.34. The normalized spacial score (nSPS) is 9.50. The van der Waals surface area contributed by atoms with Crippen molar-refractivity contribution < 1.29 is 14.4 Å². The summed E-state index contributed by atoms with van der Waals surface area (Å²) in [5, 5.41) is 2.47. The van der Waals surface area contributed by atoms with Crippen LogP contribution in [0.1, 0.15) is 32.6 Å². The van der Waals surface area contributed by atoms with E-state index in [4.69, 9.17) is 5.73 Å². The summed E-state index contributed by atoms with van der Waals surface area (Å²) in [6.45, 7) is 1.88. The molecule has 0 fully saturated rings. The number of hydrogen-bond acceptors (Lipinski definition) is 3. The second-order valence-electron chi connectivity index (χ2n) is 3.03. The zero-order chi connectivity index (χ0) is 11.0. The second kappa shape index (κ2) is 7.06. The lowest BCUT2D eigenvalue weighted by Crippen LogP contribution is -2.29. The molecule has 2 amide bonds. The minimum Gasteiger partial charge on any atom is -0.370 e. The minimum atomic E-state index is -0.502. The van der Waals surface area contributed by atoms with Gasteiger partial charge in [-0.05, 0) is 6.42 Å². The lowest BCUT2D eigenvalue weighted by molar-refractivity contribution is -0.126. The predicted octanol–water partition coefficient (Wildman–Crippen LogP) is -0.263. The van der Waals surface area contributed by atoms with E-state index in [9.17, 15) is 14.4 Å². The summed E-state index contributed by atoms with van der Waals surface area (Å²) in [5.74, 6) is -0.814. The Morgan fingerprint density at radius 2 is 1.79 bits per heavy atom. The van der Waals surface area contributed by atoms with Gasteiger partial charge in [-0.2, -0.15) is 0 Å². The van der Waals surface area contributed by atoms with Crippen LogP contribution in [0, 0.1) is 0 Å². The summed E-state index contributed by atoms with van der Waals surface area (Å²) in [7, 11) is 0. The van der Waals surface area contributed by atoms with E-state index in [1.165, 1.54) is 0 Å². The number of Topliss-reactive ketones (excluding diaryl/α,β-unsaturated/α-hetero) is 1. The molecule has 0 aromatic carbocycles. The van der Waals surface area contributed by atoms with Gasteiger partial charge in [0.15, 0.2) is 5.78 Å². The van der Waals surface area contributed by atoms with Crippen LogP contribution in [0.5, 0.6) is 0 Å². The van der Waals surface area contributed by atoms with Gasteiger partial charge < -0.3 is 11.1 Å². The summed E-state index contributed by atoms with van der Waals surface area (Å²) >= 11 is 0. The number of hydrogen-bond donors (Lipinski definition) is 2. The fourth-order valence-electron chi connectivity index (χ4n) is 0.864. The predicted molar refractivity (Wildman–Crippen MR) is 51.4 cm³/mol. The molecule has 14 heavy (non-hydrogen) atoms. The van der Waals surface area contributed by atoms with Crippen molar-refractivity contribution >= 4 is 17.6 Å².